The molecule has 0 aliphatic carbocycles. The fourth-order valence-corrected chi connectivity index (χ4v) is 2.28. The van der Waals surface area contributed by atoms with Gasteiger partial charge >= 0.3 is 0 Å². The summed E-state index contributed by atoms with van der Waals surface area (Å²) in [6.07, 6.45) is 2.48. The van der Waals surface area contributed by atoms with Crippen molar-refractivity contribution in [1.82, 2.24) is 10.2 Å². The molecular formula is C15H17FN2O2. The molecule has 1 aromatic rings. The number of nitrogens with one attached hydrogen (secondary N) is 1. The molecule has 1 N–H and O–H groups in total. The van der Waals surface area contributed by atoms with Crippen LogP contribution in [0.2, 0.25) is 0 Å². The Labute approximate surface area is 117 Å². The minimum absolute atomic E-state index is 0.0481. The third-order valence-corrected chi connectivity index (χ3v) is 3.32. The Morgan fingerprint density at radius 2 is 2.15 bits per heavy atom. The van der Waals surface area contributed by atoms with E-state index in [0.717, 1.165) is 5.56 Å². The maximum absolute atomic E-state index is 12.9. The summed E-state index contributed by atoms with van der Waals surface area (Å²) in [4.78, 5) is 25.4. The maximum atomic E-state index is 12.9. The molecule has 1 aliphatic heterocycles. The third-order valence-electron chi connectivity index (χ3n) is 3.32. The van der Waals surface area contributed by atoms with Crippen LogP contribution in [0.4, 0.5) is 4.39 Å². The molecule has 1 saturated heterocycles. The molecule has 1 heterocycles. The Hall–Kier alpha value is -2.17. The minimum atomic E-state index is -0.451. The van der Waals surface area contributed by atoms with E-state index in [4.69, 9.17) is 0 Å². The summed E-state index contributed by atoms with van der Waals surface area (Å²) >= 11 is 0. The lowest BCUT2D eigenvalue weighted by Gasteiger charge is -2.24. The van der Waals surface area contributed by atoms with Crippen molar-refractivity contribution in [2.24, 2.45) is 0 Å². The van der Waals surface area contributed by atoms with Gasteiger partial charge in [-0.2, -0.15) is 0 Å². The van der Waals surface area contributed by atoms with E-state index in [1.54, 1.807) is 23.1 Å². The van der Waals surface area contributed by atoms with Gasteiger partial charge in [0.05, 0.1) is 0 Å². The fraction of sp³-hybridized carbons (Fsp3) is 0.333. The molecule has 1 fully saturated rings. The number of amides is 2. The first kappa shape index (κ1) is 14.2. The predicted octanol–water partition coefficient (Wildman–Crippen LogP) is 1.62. The van der Waals surface area contributed by atoms with Crippen molar-refractivity contribution in [2.45, 2.75) is 25.4 Å². The van der Waals surface area contributed by atoms with Crippen LogP contribution in [0, 0.1) is 5.82 Å². The molecule has 0 bridgehead atoms. The average Bonchev–Trinajstić information content (AvgIpc) is 2.80. The first-order valence-electron chi connectivity index (χ1n) is 6.54. The second-order valence-electron chi connectivity index (χ2n) is 4.74. The van der Waals surface area contributed by atoms with Gasteiger partial charge in [-0.15, -0.1) is 6.58 Å². The highest BCUT2D eigenvalue weighted by Gasteiger charge is 2.35. The summed E-state index contributed by atoms with van der Waals surface area (Å²) in [6.45, 7) is 4.25. The van der Waals surface area contributed by atoms with Gasteiger partial charge < -0.3 is 10.2 Å². The normalized spacial score (nSPS) is 18.1. The maximum Gasteiger partial charge on any atom is 0.243 e. The highest BCUT2D eigenvalue weighted by molar-refractivity contribution is 5.90. The lowest BCUT2D eigenvalue weighted by molar-refractivity contribution is -0.135. The molecule has 0 aromatic heterocycles. The molecular weight excluding hydrogens is 259 g/mol. The Bertz CT molecular complexity index is 513. The first-order valence-corrected chi connectivity index (χ1v) is 6.54. The third kappa shape index (κ3) is 3.23. The van der Waals surface area contributed by atoms with Crippen LogP contribution < -0.4 is 5.32 Å². The average molecular weight is 276 g/mol. The molecule has 0 saturated carbocycles. The topological polar surface area (TPSA) is 49.4 Å². The van der Waals surface area contributed by atoms with Crippen molar-refractivity contribution in [1.29, 1.82) is 0 Å². The number of hydrogen-bond acceptors (Lipinski definition) is 2. The minimum Gasteiger partial charge on any atom is -0.351 e. The van der Waals surface area contributed by atoms with Gasteiger partial charge in [-0.05, 0) is 24.1 Å². The Balaban J connectivity index is 2.06. The van der Waals surface area contributed by atoms with Crippen molar-refractivity contribution in [3.8, 4) is 0 Å². The molecule has 2 amide bonds. The Morgan fingerprint density at radius 1 is 1.45 bits per heavy atom. The number of likely N-dealkylation sites (tertiary alicyclic amines) is 1. The Kier molecular flexibility index (Phi) is 4.50. The van der Waals surface area contributed by atoms with Crippen LogP contribution in [0.5, 0.6) is 0 Å². The number of benzene rings is 1. The van der Waals surface area contributed by atoms with E-state index in [9.17, 15) is 14.0 Å². The van der Waals surface area contributed by atoms with E-state index in [2.05, 4.69) is 11.9 Å². The van der Waals surface area contributed by atoms with Crippen molar-refractivity contribution >= 4 is 11.8 Å². The van der Waals surface area contributed by atoms with E-state index in [1.807, 2.05) is 0 Å². The molecule has 1 atom stereocenters. The molecule has 1 unspecified atom stereocenters. The van der Waals surface area contributed by atoms with E-state index in [1.165, 1.54) is 12.1 Å². The largest absolute Gasteiger partial charge is 0.351 e. The van der Waals surface area contributed by atoms with Crippen LogP contribution in [-0.4, -0.2) is 29.3 Å². The SMILES string of the molecule is C=CCNC(=O)C1CCC(=O)N1Cc1ccc(F)cc1. The number of hydrogen-bond donors (Lipinski definition) is 1. The lowest BCUT2D eigenvalue weighted by atomic mass is 10.1. The van der Waals surface area contributed by atoms with Crippen molar-refractivity contribution < 1.29 is 14.0 Å². The van der Waals surface area contributed by atoms with Crippen LogP contribution >= 0.6 is 0 Å². The van der Waals surface area contributed by atoms with Crippen molar-refractivity contribution in [2.75, 3.05) is 6.54 Å². The number of rotatable bonds is 5. The summed E-state index contributed by atoms with van der Waals surface area (Å²) in [5.74, 6) is -0.535. The summed E-state index contributed by atoms with van der Waals surface area (Å²) in [6, 6.07) is 5.50. The molecule has 1 aliphatic rings. The lowest BCUT2D eigenvalue weighted by Crippen LogP contribution is -2.44. The van der Waals surface area contributed by atoms with Gasteiger partial charge in [0, 0.05) is 19.5 Å². The summed E-state index contributed by atoms with van der Waals surface area (Å²) < 4.78 is 12.9. The van der Waals surface area contributed by atoms with E-state index >= 15 is 0 Å². The fourth-order valence-electron chi connectivity index (χ4n) is 2.28. The van der Waals surface area contributed by atoms with Crippen LogP contribution in [0.25, 0.3) is 0 Å². The van der Waals surface area contributed by atoms with Crippen LogP contribution in [-0.2, 0) is 16.1 Å². The Morgan fingerprint density at radius 3 is 2.80 bits per heavy atom. The molecule has 20 heavy (non-hydrogen) atoms. The summed E-state index contributed by atoms with van der Waals surface area (Å²) in [7, 11) is 0. The molecule has 1 aromatic carbocycles. The van der Waals surface area contributed by atoms with Crippen molar-refractivity contribution in [3.63, 3.8) is 0 Å². The quantitative estimate of drug-likeness (QED) is 0.831. The number of nitrogens with zero attached hydrogens (tertiary/aromatic N) is 1. The van der Waals surface area contributed by atoms with Crippen LogP contribution in [0.3, 0.4) is 0 Å². The van der Waals surface area contributed by atoms with E-state index < -0.39 is 6.04 Å². The number of carbonyl (C=O) groups is 2. The van der Waals surface area contributed by atoms with Crippen LogP contribution in [0.15, 0.2) is 36.9 Å². The number of carbonyl (C=O) groups excluding carboxylic acids is 2. The number of halogens is 1. The van der Waals surface area contributed by atoms with Gasteiger partial charge in [0.1, 0.15) is 11.9 Å². The molecule has 0 spiro atoms. The van der Waals surface area contributed by atoms with Crippen LogP contribution in [0.1, 0.15) is 18.4 Å². The zero-order valence-corrected chi connectivity index (χ0v) is 11.1. The summed E-state index contributed by atoms with van der Waals surface area (Å²) in [5, 5.41) is 2.71. The zero-order chi connectivity index (χ0) is 14.5. The molecule has 106 valence electrons. The monoisotopic (exact) mass is 276 g/mol. The highest BCUT2D eigenvalue weighted by atomic mass is 19.1. The second kappa shape index (κ2) is 6.32. The van der Waals surface area contributed by atoms with Gasteiger partial charge in [-0.3, -0.25) is 9.59 Å². The van der Waals surface area contributed by atoms with Crippen molar-refractivity contribution in [3.05, 3.63) is 48.3 Å². The molecule has 2 rings (SSSR count). The van der Waals surface area contributed by atoms with E-state index in [-0.39, 0.29) is 17.6 Å². The summed E-state index contributed by atoms with van der Waals surface area (Å²) in [5.41, 5.74) is 0.808. The molecule has 4 nitrogen and oxygen atoms in total. The van der Waals surface area contributed by atoms with Gasteiger partial charge in [0.2, 0.25) is 11.8 Å². The van der Waals surface area contributed by atoms with Gasteiger partial charge in [0.25, 0.3) is 0 Å². The smallest absolute Gasteiger partial charge is 0.243 e. The first-order chi connectivity index (χ1) is 9.61. The van der Waals surface area contributed by atoms with Gasteiger partial charge in [0.15, 0.2) is 0 Å². The second-order valence-corrected chi connectivity index (χ2v) is 4.74. The standard InChI is InChI=1S/C15H17FN2O2/c1-2-9-17-15(20)13-7-8-14(19)18(13)10-11-3-5-12(16)6-4-11/h2-6,13H,1,7-10H2,(H,17,20). The molecule has 5 heteroatoms. The van der Waals surface area contributed by atoms with E-state index in [0.29, 0.717) is 25.9 Å². The highest BCUT2D eigenvalue weighted by Crippen LogP contribution is 2.21. The van der Waals surface area contributed by atoms with Gasteiger partial charge in [-0.1, -0.05) is 18.2 Å². The zero-order valence-electron chi connectivity index (χ0n) is 11.1. The predicted molar refractivity (Wildman–Crippen MR) is 73.2 cm³/mol. The molecule has 0 radical (unpaired) electrons. The van der Waals surface area contributed by atoms with Gasteiger partial charge in [-0.25, -0.2) is 4.39 Å².